The Kier molecular flexibility index (Phi) is 4.87. The van der Waals surface area contributed by atoms with E-state index in [0.717, 1.165) is 34.4 Å². The van der Waals surface area contributed by atoms with Crippen LogP contribution in [0.15, 0.2) is 52.0 Å². The number of benzene rings is 2. The molecule has 0 radical (unpaired) electrons. The molecule has 3 aromatic rings. The van der Waals surface area contributed by atoms with Gasteiger partial charge in [-0.1, -0.05) is 17.3 Å². The van der Waals surface area contributed by atoms with Crippen LogP contribution < -0.4 is 0 Å². The van der Waals surface area contributed by atoms with Crippen molar-refractivity contribution in [2.45, 2.75) is 37.0 Å². The van der Waals surface area contributed by atoms with Crippen molar-refractivity contribution in [3.8, 4) is 0 Å². The molecule has 5 heteroatoms. The van der Waals surface area contributed by atoms with E-state index in [4.69, 9.17) is 4.52 Å². The van der Waals surface area contributed by atoms with Gasteiger partial charge in [0.15, 0.2) is 11.5 Å². The molecule has 3 nitrogen and oxygen atoms in total. The highest BCUT2D eigenvalue weighted by molar-refractivity contribution is 7.98. The number of rotatable bonds is 6. The van der Waals surface area contributed by atoms with Crippen molar-refractivity contribution in [3.63, 3.8) is 0 Å². The van der Waals surface area contributed by atoms with Crippen LogP contribution in [0.4, 0.5) is 4.39 Å². The van der Waals surface area contributed by atoms with Crippen molar-refractivity contribution in [2.24, 2.45) is 0 Å². The molecule has 0 N–H and O–H groups in total. The zero-order valence-electron chi connectivity index (χ0n) is 15.3. The Hall–Kier alpha value is -2.40. The monoisotopic (exact) mass is 381 g/mol. The number of halogens is 1. The second kappa shape index (κ2) is 7.31. The molecule has 0 atom stereocenters. The Bertz CT molecular complexity index is 990. The fraction of sp³-hybridized carbons (Fsp3) is 0.273. The maximum Gasteiger partial charge on any atom is 0.198 e. The minimum Gasteiger partial charge on any atom is -0.360 e. The predicted molar refractivity (Wildman–Crippen MR) is 104 cm³/mol. The van der Waals surface area contributed by atoms with Crippen LogP contribution in [0.3, 0.4) is 0 Å². The average molecular weight is 381 g/mol. The Morgan fingerprint density at radius 2 is 1.93 bits per heavy atom. The smallest absolute Gasteiger partial charge is 0.198 e. The molecule has 0 saturated heterocycles. The van der Waals surface area contributed by atoms with Gasteiger partial charge in [-0.15, -0.1) is 11.8 Å². The molecule has 1 aromatic heterocycles. The number of aromatic nitrogens is 1. The van der Waals surface area contributed by atoms with E-state index in [0.29, 0.717) is 29.2 Å². The van der Waals surface area contributed by atoms with Crippen LogP contribution in [0.5, 0.6) is 0 Å². The normalized spacial score (nSPS) is 13.7. The van der Waals surface area contributed by atoms with Crippen molar-refractivity contribution in [1.82, 2.24) is 5.16 Å². The molecule has 2 aromatic carbocycles. The molecule has 0 aliphatic heterocycles. The van der Waals surface area contributed by atoms with Gasteiger partial charge in [-0.2, -0.15) is 0 Å². The maximum absolute atomic E-state index is 13.3. The summed E-state index contributed by atoms with van der Waals surface area (Å²) < 4.78 is 18.6. The van der Waals surface area contributed by atoms with Crippen LogP contribution in [-0.4, -0.2) is 17.2 Å². The molecule has 1 saturated carbocycles. The molecule has 27 heavy (non-hydrogen) atoms. The largest absolute Gasteiger partial charge is 0.360 e. The highest BCUT2D eigenvalue weighted by Gasteiger charge is 2.33. The number of nitrogens with zero attached hydrogens (tertiary/aromatic N) is 1. The molecule has 0 amide bonds. The zero-order valence-corrected chi connectivity index (χ0v) is 16.1. The average Bonchev–Trinajstić information content (AvgIpc) is 3.41. The second-order valence-electron chi connectivity index (χ2n) is 6.93. The van der Waals surface area contributed by atoms with Gasteiger partial charge in [-0.3, -0.25) is 4.79 Å². The van der Waals surface area contributed by atoms with Crippen LogP contribution in [0.2, 0.25) is 0 Å². The fourth-order valence-electron chi connectivity index (χ4n) is 3.41. The summed E-state index contributed by atoms with van der Waals surface area (Å²) >= 11 is 1.66. The lowest BCUT2D eigenvalue weighted by Gasteiger charge is -2.15. The third-order valence-electron chi connectivity index (χ3n) is 5.10. The standard InChI is InChI=1S/C22H20FNO2S/c1-13-18(11-14-3-7-16(23)8-4-14)17(9-10-20(13)27-2)21(25)19-12-24-26-22(19)15-5-6-15/h3-4,7-10,12,15H,5-6,11H2,1-2H3. The van der Waals surface area contributed by atoms with Gasteiger partial charge in [0.2, 0.25) is 0 Å². The Labute approximate surface area is 162 Å². The summed E-state index contributed by atoms with van der Waals surface area (Å²) in [5.41, 5.74) is 4.26. The first kappa shape index (κ1) is 18.0. The summed E-state index contributed by atoms with van der Waals surface area (Å²) in [6, 6.07) is 10.3. The van der Waals surface area contributed by atoms with Crippen LogP contribution >= 0.6 is 11.8 Å². The second-order valence-corrected chi connectivity index (χ2v) is 7.78. The Morgan fingerprint density at radius 3 is 2.59 bits per heavy atom. The van der Waals surface area contributed by atoms with Gasteiger partial charge in [-0.25, -0.2) is 4.39 Å². The molecule has 1 aliphatic rings. The third kappa shape index (κ3) is 3.56. The molecule has 1 fully saturated rings. The number of hydrogen-bond acceptors (Lipinski definition) is 4. The fourth-order valence-corrected chi connectivity index (χ4v) is 4.04. The molecule has 138 valence electrons. The van der Waals surface area contributed by atoms with Crippen molar-refractivity contribution in [2.75, 3.05) is 6.26 Å². The Morgan fingerprint density at radius 1 is 1.19 bits per heavy atom. The summed E-state index contributed by atoms with van der Waals surface area (Å²) in [6.45, 7) is 2.04. The van der Waals surface area contributed by atoms with Crippen LogP contribution in [0.25, 0.3) is 0 Å². The summed E-state index contributed by atoms with van der Waals surface area (Å²) in [7, 11) is 0. The maximum atomic E-state index is 13.3. The zero-order chi connectivity index (χ0) is 19.0. The van der Waals surface area contributed by atoms with Crippen LogP contribution in [-0.2, 0) is 6.42 Å². The molecule has 0 spiro atoms. The first-order chi connectivity index (χ1) is 13.1. The van der Waals surface area contributed by atoms with E-state index < -0.39 is 0 Å². The van der Waals surface area contributed by atoms with Crippen molar-refractivity contribution in [3.05, 3.63) is 82.0 Å². The van der Waals surface area contributed by atoms with E-state index in [1.54, 1.807) is 23.9 Å². The van der Waals surface area contributed by atoms with Gasteiger partial charge in [0.05, 0.1) is 11.8 Å². The van der Waals surface area contributed by atoms with E-state index in [-0.39, 0.29) is 11.6 Å². The highest BCUT2D eigenvalue weighted by Crippen LogP contribution is 2.42. The molecule has 4 rings (SSSR count). The van der Waals surface area contributed by atoms with E-state index in [1.807, 2.05) is 25.3 Å². The topological polar surface area (TPSA) is 43.1 Å². The molecule has 1 heterocycles. The summed E-state index contributed by atoms with van der Waals surface area (Å²) in [5, 5.41) is 3.87. The van der Waals surface area contributed by atoms with E-state index in [1.165, 1.54) is 18.3 Å². The summed E-state index contributed by atoms with van der Waals surface area (Å²) in [5.74, 6) is 0.715. The summed E-state index contributed by atoms with van der Waals surface area (Å²) in [4.78, 5) is 14.4. The van der Waals surface area contributed by atoms with Gasteiger partial charge >= 0.3 is 0 Å². The van der Waals surface area contributed by atoms with Gasteiger partial charge < -0.3 is 4.52 Å². The number of ketones is 1. The number of carbonyl (C=O) groups excluding carboxylic acids is 1. The molecule has 1 aliphatic carbocycles. The minimum atomic E-state index is -0.261. The molecule has 0 unspecified atom stereocenters. The van der Waals surface area contributed by atoms with Gasteiger partial charge in [0.25, 0.3) is 0 Å². The SMILES string of the molecule is CSc1ccc(C(=O)c2cnoc2C2CC2)c(Cc2ccc(F)cc2)c1C. The lowest BCUT2D eigenvalue weighted by Crippen LogP contribution is -2.09. The molecular weight excluding hydrogens is 361 g/mol. The minimum absolute atomic E-state index is 0.0500. The van der Waals surface area contributed by atoms with Crippen LogP contribution in [0.1, 0.15) is 57.1 Å². The first-order valence-electron chi connectivity index (χ1n) is 8.98. The lowest BCUT2D eigenvalue weighted by atomic mass is 9.91. The molecule has 0 bridgehead atoms. The first-order valence-corrected chi connectivity index (χ1v) is 10.2. The molecular formula is C22H20FNO2S. The van der Waals surface area contributed by atoms with Gasteiger partial charge in [-0.05, 0) is 73.4 Å². The third-order valence-corrected chi connectivity index (χ3v) is 5.98. The van der Waals surface area contributed by atoms with Crippen molar-refractivity contribution >= 4 is 17.5 Å². The number of hydrogen-bond donors (Lipinski definition) is 0. The highest BCUT2D eigenvalue weighted by atomic mass is 32.2. The number of thioether (sulfide) groups is 1. The summed E-state index contributed by atoms with van der Waals surface area (Å²) in [6.07, 6.45) is 6.22. The quantitative estimate of drug-likeness (QED) is 0.415. The number of carbonyl (C=O) groups is 1. The Balaban J connectivity index is 1.77. The van der Waals surface area contributed by atoms with Crippen LogP contribution in [0, 0.1) is 12.7 Å². The van der Waals surface area contributed by atoms with Crippen molar-refractivity contribution in [1.29, 1.82) is 0 Å². The lowest BCUT2D eigenvalue weighted by molar-refractivity contribution is 0.103. The van der Waals surface area contributed by atoms with Crippen molar-refractivity contribution < 1.29 is 13.7 Å². The van der Waals surface area contributed by atoms with E-state index >= 15 is 0 Å². The van der Waals surface area contributed by atoms with E-state index in [2.05, 4.69) is 5.16 Å². The van der Waals surface area contributed by atoms with E-state index in [9.17, 15) is 9.18 Å². The van der Waals surface area contributed by atoms with Gasteiger partial charge in [0, 0.05) is 16.4 Å². The van der Waals surface area contributed by atoms with Gasteiger partial charge in [0.1, 0.15) is 5.82 Å². The predicted octanol–water partition coefficient (Wildman–Crippen LogP) is 5.54.